The third-order valence-corrected chi connectivity index (χ3v) is 12.7. The molecule has 0 spiro atoms. The van der Waals surface area contributed by atoms with Gasteiger partial charge >= 0.3 is 11.4 Å². The van der Waals surface area contributed by atoms with Gasteiger partial charge in [0, 0.05) is 55.6 Å². The van der Waals surface area contributed by atoms with Crippen LogP contribution in [0.5, 0.6) is 11.5 Å². The third kappa shape index (κ3) is 5.53. The molecule has 14 nitrogen and oxygen atoms in total. The molecule has 1 N–H and O–H groups in total. The maximum atomic E-state index is 15.3. The molecule has 59 heavy (non-hydrogen) atoms. The predicted octanol–water partition coefficient (Wildman–Crippen LogP) is 6.66. The Kier molecular flexibility index (Phi) is 8.69. The number of anilines is 2. The van der Waals surface area contributed by atoms with E-state index in [2.05, 4.69) is 0 Å². The molecule has 2 fully saturated rings. The number of ether oxygens (including phenoxy) is 1. The van der Waals surface area contributed by atoms with Gasteiger partial charge in [-0.1, -0.05) is 72.3 Å². The molecule has 4 aromatic rings. The number of benzene rings is 4. The number of amides is 2. The first kappa shape index (κ1) is 37.4. The highest BCUT2D eigenvalue weighted by molar-refractivity contribution is 6.32. The fourth-order valence-electron chi connectivity index (χ4n) is 10.4. The number of hydrogen-bond donors (Lipinski definition) is 1. The summed E-state index contributed by atoms with van der Waals surface area (Å²) >= 11 is 0. The first-order valence-electron chi connectivity index (χ1n) is 19.1. The lowest BCUT2D eigenvalue weighted by atomic mass is 9.44. The highest BCUT2D eigenvalue weighted by Crippen LogP contribution is 2.63. The molecule has 2 amide bonds. The molecule has 0 radical (unpaired) electrons. The number of carbonyl (C=O) groups excluding carboxylic acids is 4. The summed E-state index contributed by atoms with van der Waals surface area (Å²) in [6.07, 6.45) is 5.17. The summed E-state index contributed by atoms with van der Waals surface area (Å²) in [4.78, 5) is 84.9. The van der Waals surface area contributed by atoms with Gasteiger partial charge in [0.1, 0.15) is 11.5 Å². The van der Waals surface area contributed by atoms with E-state index in [0.29, 0.717) is 33.6 Å². The van der Waals surface area contributed by atoms with Crippen molar-refractivity contribution in [2.75, 3.05) is 23.9 Å². The van der Waals surface area contributed by atoms with Gasteiger partial charge in [0.15, 0.2) is 17.3 Å². The molecule has 4 aromatic carbocycles. The van der Waals surface area contributed by atoms with Crippen LogP contribution in [0.2, 0.25) is 0 Å². The van der Waals surface area contributed by atoms with E-state index >= 15 is 9.59 Å². The number of aromatic hydroxyl groups is 1. The zero-order valence-corrected chi connectivity index (χ0v) is 31.8. The number of allylic oxidation sites excluding steroid dienone is 5. The van der Waals surface area contributed by atoms with E-state index in [1.807, 2.05) is 24.3 Å². The number of imide groups is 1. The number of nitro benzene ring substituents is 2. The number of ketones is 2. The maximum Gasteiger partial charge on any atom is 0.301 e. The third-order valence-electron chi connectivity index (χ3n) is 12.7. The SMILES string of the molecule is CN(C)c1c([N+](=O)[O-])cc(N2C(=O)[C@H]3[C@H](CC=C4[C@H](C5=COc6ccc(O)cc6C5)[C@]5(c6ccccc6)C(=O)C=C(c6ccccc6)C(=O)[C@@H]5C[C@H]43)C2=O)cc1[N+](=O)[O-]. The van der Waals surface area contributed by atoms with Gasteiger partial charge in [0.05, 0.1) is 39.0 Å². The Labute approximate surface area is 337 Å². The summed E-state index contributed by atoms with van der Waals surface area (Å²) in [5.41, 5.74) is -0.0840. The van der Waals surface area contributed by atoms with Crippen LogP contribution in [-0.4, -0.2) is 52.4 Å². The van der Waals surface area contributed by atoms with E-state index in [4.69, 9.17) is 4.74 Å². The molecule has 296 valence electrons. The second kappa shape index (κ2) is 13.7. The monoisotopic (exact) mass is 792 g/mol. The van der Waals surface area contributed by atoms with E-state index in [1.54, 1.807) is 60.9 Å². The van der Waals surface area contributed by atoms with Crippen molar-refractivity contribution in [2.24, 2.45) is 29.6 Å². The van der Waals surface area contributed by atoms with Gasteiger partial charge in [-0.3, -0.25) is 39.4 Å². The van der Waals surface area contributed by atoms with Crippen LogP contribution >= 0.6 is 0 Å². The smallest absolute Gasteiger partial charge is 0.301 e. The number of fused-ring (bicyclic) bond motifs is 5. The summed E-state index contributed by atoms with van der Waals surface area (Å²) in [5, 5.41) is 35.0. The van der Waals surface area contributed by atoms with Crippen LogP contribution in [0.4, 0.5) is 22.7 Å². The topological polar surface area (TPSA) is 190 Å². The van der Waals surface area contributed by atoms with E-state index in [0.717, 1.165) is 17.0 Å². The minimum atomic E-state index is -1.51. The van der Waals surface area contributed by atoms with Crippen molar-refractivity contribution < 1.29 is 38.9 Å². The summed E-state index contributed by atoms with van der Waals surface area (Å²) in [7, 11) is 2.84. The predicted molar refractivity (Wildman–Crippen MR) is 214 cm³/mol. The van der Waals surface area contributed by atoms with Crippen LogP contribution < -0.4 is 14.5 Å². The van der Waals surface area contributed by atoms with Crippen molar-refractivity contribution in [3.8, 4) is 11.5 Å². The van der Waals surface area contributed by atoms with Crippen molar-refractivity contribution in [3.05, 3.63) is 157 Å². The lowest BCUT2D eigenvalue weighted by molar-refractivity contribution is -0.392. The van der Waals surface area contributed by atoms with Gasteiger partial charge < -0.3 is 14.7 Å². The van der Waals surface area contributed by atoms with E-state index in [-0.39, 0.29) is 53.5 Å². The van der Waals surface area contributed by atoms with E-state index in [1.165, 1.54) is 31.1 Å². The molecule has 6 atom stereocenters. The Morgan fingerprint density at radius 1 is 0.847 bits per heavy atom. The normalized spacial score (nSPS) is 25.7. The number of phenolic OH excluding ortho intramolecular Hbond substituents is 1. The molecule has 0 bridgehead atoms. The molecule has 2 heterocycles. The Hall–Kier alpha value is -7.22. The average molecular weight is 793 g/mol. The molecule has 14 heteroatoms. The lowest BCUT2D eigenvalue weighted by Crippen LogP contribution is -2.60. The molecule has 3 aliphatic carbocycles. The second-order valence-electron chi connectivity index (χ2n) is 15.8. The lowest BCUT2D eigenvalue weighted by Gasteiger charge is -2.56. The number of rotatable bonds is 7. The van der Waals surface area contributed by atoms with Crippen molar-refractivity contribution >= 4 is 51.7 Å². The Bertz CT molecular complexity index is 2600. The van der Waals surface area contributed by atoms with Crippen molar-refractivity contribution in [1.82, 2.24) is 0 Å². The van der Waals surface area contributed by atoms with Crippen LogP contribution in [0.1, 0.15) is 29.5 Å². The summed E-state index contributed by atoms with van der Waals surface area (Å²) < 4.78 is 6.17. The fourth-order valence-corrected chi connectivity index (χ4v) is 10.4. The van der Waals surface area contributed by atoms with Gasteiger partial charge in [0.2, 0.25) is 11.8 Å². The Morgan fingerprint density at radius 3 is 2.15 bits per heavy atom. The summed E-state index contributed by atoms with van der Waals surface area (Å²) in [6.45, 7) is 0. The number of phenols is 1. The zero-order chi connectivity index (χ0) is 41.5. The molecule has 2 aliphatic heterocycles. The van der Waals surface area contributed by atoms with Crippen molar-refractivity contribution in [2.45, 2.75) is 24.7 Å². The number of hydrogen-bond acceptors (Lipinski definition) is 11. The van der Waals surface area contributed by atoms with Gasteiger partial charge in [-0.25, -0.2) is 4.90 Å². The van der Waals surface area contributed by atoms with E-state index < -0.39 is 68.0 Å². The second-order valence-corrected chi connectivity index (χ2v) is 15.8. The van der Waals surface area contributed by atoms with Crippen LogP contribution in [0.3, 0.4) is 0 Å². The van der Waals surface area contributed by atoms with Crippen LogP contribution in [0, 0.1) is 49.8 Å². The number of nitro groups is 2. The molecule has 5 aliphatic rings. The zero-order valence-electron chi connectivity index (χ0n) is 31.8. The quantitative estimate of drug-likeness (QED) is 0.0912. The average Bonchev–Trinajstić information content (AvgIpc) is 3.49. The Morgan fingerprint density at radius 2 is 1.51 bits per heavy atom. The largest absolute Gasteiger partial charge is 0.508 e. The number of nitrogens with zero attached hydrogens (tertiary/aromatic N) is 4. The van der Waals surface area contributed by atoms with E-state index in [9.17, 15) is 34.9 Å². The molecular weight excluding hydrogens is 757 g/mol. The first-order valence-corrected chi connectivity index (χ1v) is 19.1. The molecule has 0 unspecified atom stereocenters. The van der Waals surface area contributed by atoms with Crippen LogP contribution in [0.15, 0.2) is 121 Å². The molecule has 9 rings (SSSR count). The van der Waals surface area contributed by atoms with Gasteiger partial charge in [0.25, 0.3) is 0 Å². The van der Waals surface area contributed by atoms with Gasteiger partial charge in [-0.15, -0.1) is 0 Å². The molecular formula is C45H36N4O10. The maximum absolute atomic E-state index is 15.3. The van der Waals surface area contributed by atoms with Crippen molar-refractivity contribution in [1.29, 1.82) is 0 Å². The minimum Gasteiger partial charge on any atom is -0.508 e. The van der Waals surface area contributed by atoms with Crippen molar-refractivity contribution in [3.63, 3.8) is 0 Å². The number of carbonyl (C=O) groups is 4. The van der Waals surface area contributed by atoms with Crippen LogP contribution in [0.25, 0.3) is 5.57 Å². The highest BCUT2D eigenvalue weighted by atomic mass is 16.6. The van der Waals surface area contributed by atoms with Gasteiger partial charge in [-0.05, 0) is 59.7 Å². The highest BCUT2D eigenvalue weighted by Gasteiger charge is 2.66. The van der Waals surface area contributed by atoms with Crippen LogP contribution in [-0.2, 0) is 31.0 Å². The minimum absolute atomic E-state index is 0.00533. The Balaban J connectivity index is 1.23. The number of Topliss-reactive ketones (excluding diaryl/α,β-unsaturated/α-hetero) is 1. The van der Waals surface area contributed by atoms with Gasteiger partial charge in [-0.2, -0.15) is 0 Å². The molecule has 1 saturated carbocycles. The molecule has 1 saturated heterocycles. The first-order chi connectivity index (χ1) is 28.3. The molecule has 0 aromatic heterocycles. The summed E-state index contributed by atoms with van der Waals surface area (Å²) in [6, 6.07) is 24.7. The summed E-state index contributed by atoms with van der Waals surface area (Å²) in [5.74, 6) is -6.16. The standard InChI is InChI=1S/C45H36N4O10/c1-46(2)41-35(48(55)56)19-28(20-36(41)49(57)58)47-43(53)31-15-14-30-33(39(31)44(47)54)21-34-42(52)32(24-9-5-3-6-10-24)22-38(51)45(34,27-11-7-4-8-12-27)40(30)26-17-25-18-29(50)13-16-37(25)59-23-26/h3-14,16,18-20,22-23,31,33-34,39-40,50H,15,17,21H2,1-2H3/t31-,33+,34-,39-,40-,45-/m0/s1. The fraction of sp³-hybridized carbons (Fsp3) is 0.244.